The molecule has 0 saturated heterocycles. The summed E-state index contributed by atoms with van der Waals surface area (Å²) in [7, 11) is -1.48. The van der Waals surface area contributed by atoms with Crippen LogP contribution in [0.15, 0.2) is 4.99 Å². The van der Waals surface area contributed by atoms with Crippen LogP contribution in [0.2, 0.25) is 0 Å². The third-order valence-electron chi connectivity index (χ3n) is 2.42. The summed E-state index contributed by atoms with van der Waals surface area (Å²) in [4.78, 5) is 4.16. The smallest absolute Gasteiger partial charge is 0.213 e. The van der Waals surface area contributed by atoms with Crippen LogP contribution in [-0.4, -0.2) is 51.1 Å². The highest BCUT2D eigenvalue weighted by molar-refractivity contribution is 7.89. The zero-order valence-electron chi connectivity index (χ0n) is 11.8. The summed E-state index contributed by atoms with van der Waals surface area (Å²) in [6, 6.07) is 0. The number of sulfonamides is 1. The average Bonchev–Trinajstić information content (AvgIpc) is 2.31. The Kier molecular flexibility index (Phi) is 7.93. The van der Waals surface area contributed by atoms with Crippen LogP contribution in [0.25, 0.3) is 0 Å². The van der Waals surface area contributed by atoms with Gasteiger partial charge < -0.3 is 11.1 Å². The highest BCUT2D eigenvalue weighted by Gasteiger charge is 2.13. The van der Waals surface area contributed by atoms with Gasteiger partial charge in [0.2, 0.25) is 10.0 Å². The molecule has 18 heavy (non-hydrogen) atoms. The van der Waals surface area contributed by atoms with Gasteiger partial charge in [0.05, 0.1) is 5.75 Å². The molecule has 0 aromatic rings. The Hall–Kier alpha value is -0.820. The van der Waals surface area contributed by atoms with Crippen LogP contribution in [0, 0.1) is 5.92 Å². The van der Waals surface area contributed by atoms with Crippen molar-refractivity contribution in [2.75, 3.05) is 32.4 Å². The fraction of sp³-hybridized carbons (Fsp3) is 0.909. The van der Waals surface area contributed by atoms with E-state index in [1.165, 1.54) is 4.31 Å². The normalized spacial score (nSPS) is 13.3. The minimum Gasteiger partial charge on any atom is -0.370 e. The van der Waals surface area contributed by atoms with E-state index in [1.54, 1.807) is 14.0 Å². The van der Waals surface area contributed by atoms with Crippen LogP contribution >= 0.6 is 0 Å². The highest BCUT2D eigenvalue weighted by Crippen LogP contribution is 1.98. The first kappa shape index (κ1) is 17.2. The molecule has 0 heterocycles. The molecule has 0 aliphatic heterocycles. The van der Waals surface area contributed by atoms with Crippen LogP contribution in [-0.2, 0) is 10.0 Å². The molecule has 0 radical (unpaired) electrons. The molecule has 3 N–H and O–H groups in total. The van der Waals surface area contributed by atoms with E-state index in [2.05, 4.69) is 24.2 Å². The summed E-state index contributed by atoms with van der Waals surface area (Å²) < 4.78 is 24.3. The lowest BCUT2D eigenvalue weighted by atomic mass is 10.2. The Balaban J connectivity index is 3.84. The van der Waals surface area contributed by atoms with Crippen molar-refractivity contribution in [1.82, 2.24) is 9.62 Å². The number of nitrogens with one attached hydrogen (secondary N) is 1. The van der Waals surface area contributed by atoms with Crippen molar-refractivity contribution in [1.29, 1.82) is 0 Å². The molecule has 0 fully saturated rings. The van der Waals surface area contributed by atoms with Crippen LogP contribution in [0.4, 0.5) is 0 Å². The lowest BCUT2D eigenvalue weighted by molar-refractivity contribution is 0.461. The van der Waals surface area contributed by atoms with Crippen LogP contribution in [0.1, 0.15) is 27.2 Å². The van der Waals surface area contributed by atoms with Gasteiger partial charge in [-0.15, -0.1) is 0 Å². The molecule has 108 valence electrons. The van der Waals surface area contributed by atoms with Crippen molar-refractivity contribution in [2.24, 2.45) is 16.6 Å². The Bertz CT molecular complexity index is 352. The molecule has 0 aliphatic rings. The summed E-state index contributed by atoms with van der Waals surface area (Å²) in [5, 5.41) is 2.97. The molecule has 0 amide bonds. The molecule has 0 bridgehead atoms. The number of aliphatic imine (C=N–C) groups is 1. The molecular weight excluding hydrogens is 252 g/mol. The first-order chi connectivity index (χ1) is 8.29. The van der Waals surface area contributed by atoms with Crippen LogP contribution < -0.4 is 11.1 Å². The van der Waals surface area contributed by atoms with Gasteiger partial charge in [-0.05, 0) is 19.3 Å². The predicted octanol–water partition coefficient (Wildman–Crippen LogP) is 0.218. The maximum Gasteiger partial charge on any atom is 0.213 e. The number of hydrogen-bond donors (Lipinski definition) is 2. The maximum absolute atomic E-state index is 11.5. The van der Waals surface area contributed by atoms with Gasteiger partial charge in [0.1, 0.15) is 0 Å². The third-order valence-corrected chi connectivity index (χ3v) is 4.28. The Morgan fingerprint density at radius 1 is 1.44 bits per heavy atom. The van der Waals surface area contributed by atoms with E-state index in [0.717, 1.165) is 0 Å². The molecule has 0 aliphatic carbocycles. The quantitative estimate of drug-likeness (QED) is 0.378. The third kappa shape index (κ3) is 7.50. The first-order valence-corrected chi connectivity index (χ1v) is 7.88. The number of nitrogens with two attached hydrogens (primary N) is 1. The Morgan fingerprint density at radius 2 is 2.06 bits per heavy atom. The van der Waals surface area contributed by atoms with Gasteiger partial charge >= 0.3 is 0 Å². The maximum atomic E-state index is 11.5. The minimum absolute atomic E-state index is 0.134. The van der Waals surface area contributed by atoms with E-state index in [0.29, 0.717) is 37.9 Å². The zero-order chi connectivity index (χ0) is 14.2. The number of rotatable bonds is 8. The largest absolute Gasteiger partial charge is 0.370 e. The Labute approximate surface area is 111 Å². The molecule has 0 aromatic carbocycles. The monoisotopic (exact) mass is 278 g/mol. The molecular formula is C11H26N4O2S. The van der Waals surface area contributed by atoms with Crippen molar-refractivity contribution in [2.45, 2.75) is 27.2 Å². The van der Waals surface area contributed by atoms with Gasteiger partial charge in [0.25, 0.3) is 0 Å². The number of hydrogen-bond acceptors (Lipinski definition) is 3. The van der Waals surface area contributed by atoms with Gasteiger partial charge in [-0.1, -0.05) is 13.8 Å². The highest BCUT2D eigenvalue weighted by atomic mass is 32.2. The molecule has 0 atom stereocenters. The molecule has 7 heteroatoms. The van der Waals surface area contributed by atoms with Crippen molar-refractivity contribution in [3.8, 4) is 0 Å². The summed E-state index contributed by atoms with van der Waals surface area (Å²) in [5.41, 5.74) is 5.66. The predicted molar refractivity (Wildman–Crippen MR) is 76.0 cm³/mol. The van der Waals surface area contributed by atoms with Crippen molar-refractivity contribution >= 4 is 16.0 Å². The second kappa shape index (κ2) is 8.31. The summed E-state index contributed by atoms with van der Waals surface area (Å²) >= 11 is 0. The SMILES string of the molecule is CCS(=O)(=O)N(C)CCCNC(N)=NCC(C)C. The fourth-order valence-electron chi connectivity index (χ4n) is 1.21. The minimum atomic E-state index is -3.08. The second-order valence-corrected chi connectivity index (χ2v) is 6.99. The van der Waals surface area contributed by atoms with E-state index >= 15 is 0 Å². The van der Waals surface area contributed by atoms with E-state index in [-0.39, 0.29) is 5.75 Å². The first-order valence-electron chi connectivity index (χ1n) is 6.27. The van der Waals surface area contributed by atoms with Gasteiger partial charge in [-0.2, -0.15) is 0 Å². The Morgan fingerprint density at radius 3 is 2.56 bits per heavy atom. The zero-order valence-corrected chi connectivity index (χ0v) is 12.6. The van der Waals surface area contributed by atoms with Crippen LogP contribution in [0.5, 0.6) is 0 Å². The van der Waals surface area contributed by atoms with E-state index in [4.69, 9.17) is 5.73 Å². The molecule has 0 spiro atoms. The summed E-state index contributed by atoms with van der Waals surface area (Å²) in [5.74, 6) is 1.03. The lowest BCUT2D eigenvalue weighted by Crippen LogP contribution is -2.35. The number of nitrogens with zero attached hydrogens (tertiary/aromatic N) is 2. The van der Waals surface area contributed by atoms with E-state index < -0.39 is 10.0 Å². The van der Waals surface area contributed by atoms with Gasteiger partial charge in [-0.3, -0.25) is 4.99 Å². The average molecular weight is 278 g/mol. The van der Waals surface area contributed by atoms with Gasteiger partial charge in [-0.25, -0.2) is 12.7 Å². The number of guanidine groups is 1. The van der Waals surface area contributed by atoms with Crippen LogP contribution in [0.3, 0.4) is 0 Å². The fourth-order valence-corrected chi connectivity index (χ4v) is 2.06. The van der Waals surface area contributed by atoms with E-state index in [1.807, 2.05) is 0 Å². The molecule has 0 aromatic heterocycles. The van der Waals surface area contributed by atoms with Gasteiger partial charge in [0.15, 0.2) is 5.96 Å². The molecule has 0 rings (SSSR count). The standard InChI is InChI=1S/C11H26N4O2S/c1-5-18(16,17)15(4)8-6-7-13-11(12)14-9-10(2)3/h10H,5-9H2,1-4H3,(H3,12,13,14). The van der Waals surface area contributed by atoms with Crippen molar-refractivity contribution in [3.63, 3.8) is 0 Å². The van der Waals surface area contributed by atoms with Gasteiger partial charge in [0, 0.05) is 26.7 Å². The second-order valence-electron chi connectivity index (χ2n) is 4.62. The van der Waals surface area contributed by atoms with E-state index in [9.17, 15) is 8.42 Å². The topological polar surface area (TPSA) is 87.8 Å². The van der Waals surface area contributed by atoms with Crippen molar-refractivity contribution < 1.29 is 8.42 Å². The summed E-state index contributed by atoms with van der Waals surface area (Å²) in [6.45, 7) is 7.59. The van der Waals surface area contributed by atoms with Crippen molar-refractivity contribution in [3.05, 3.63) is 0 Å². The lowest BCUT2D eigenvalue weighted by Gasteiger charge is -2.15. The molecule has 0 saturated carbocycles. The molecule has 6 nitrogen and oxygen atoms in total. The molecule has 0 unspecified atom stereocenters. The summed E-state index contributed by atoms with van der Waals surface area (Å²) in [6.07, 6.45) is 0.702.